The number of fused-ring (bicyclic) bond motifs is 1. The first-order valence-electron chi connectivity index (χ1n) is 13.0. The number of aryl methyl sites for hydroxylation is 1. The molecule has 0 radical (unpaired) electrons. The minimum Gasteiger partial charge on any atom is -0.491 e. The SMILES string of the molecule is Cc1ccc(OCC2c3ccsc3CCN2C(=O)CN(CC(O)Cc2ccccc2)CC2CC2)cc1. The number of amides is 1. The molecule has 2 heterocycles. The summed E-state index contributed by atoms with van der Waals surface area (Å²) < 4.78 is 6.17. The second kappa shape index (κ2) is 11.6. The van der Waals surface area contributed by atoms with Crippen molar-refractivity contribution in [1.29, 1.82) is 0 Å². The molecule has 36 heavy (non-hydrogen) atoms. The monoisotopic (exact) mass is 504 g/mol. The number of carbonyl (C=O) groups excluding carboxylic acids is 1. The third kappa shape index (κ3) is 6.55. The van der Waals surface area contributed by atoms with Gasteiger partial charge in [-0.15, -0.1) is 11.3 Å². The predicted molar refractivity (Wildman–Crippen MR) is 144 cm³/mol. The van der Waals surface area contributed by atoms with Crippen LogP contribution in [0.2, 0.25) is 0 Å². The molecule has 2 unspecified atom stereocenters. The average molecular weight is 505 g/mol. The first kappa shape index (κ1) is 25.0. The Labute approximate surface area is 218 Å². The average Bonchev–Trinajstić information content (AvgIpc) is 3.55. The highest BCUT2D eigenvalue weighted by atomic mass is 32.1. The van der Waals surface area contributed by atoms with Crippen molar-refractivity contribution in [1.82, 2.24) is 9.80 Å². The normalized spacial score (nSPS) is 18.2. The van der Waals surface area contributed by atoms with Crippen LogP contribution < -0.4 is 4.74 Å². The lowest BCUT2D eigenvalue weighted by Crippen LogP contribution is -2.48. The Hall–Kier alpha value is -2.67. The molecule has 6 heteroatoms. The quantitative estimate of drug-likeness (QED) is 0.405. The van der Waals surface area contributed by atoms with Gasteiger partial charge in [0, 0.05) is 24.5 Å². The number of aliphatic hydroxyl groups is 1. The summed E-state index contributed by atoms with van der Waals surface area (Å²) in [4.78, 5) is 19.2. The van der Waals surface area contributed by atoms with Crippen LogP contribution in [-0.2, 0) is 17.6 Å². The lowest BCUT2D eigenvalue weighted by atomic mass is 10.00. The summed E-state index contributed by atoms with van der Waals surface area (Å²) in [6.07, 6.45) is 3.43. The molecule has 190 valence electrons. The highest BCUT2D eigenvalue weighted by Crippen LogP contribution is 2.34. The molecule has 1 aromatic heterocycles. The summed E-state index contributed by atoms with van der Waals surface area (Å²) in [6.45, 7) is 4.94. The van der Waals surface area contributed by atoms with Gasteiger partial charge in [-0.1, -0.05) is 48.0 Å². The van der Waals surface area contributed by atoms with Gasteiger partial charge >= 0.3 is 0 Å². The zero-order chi connectivity index (χ0) is 24.9. The second-order valence-electron chi connectivity index (χ2n) is 10.3. The molecule has 0 saturated heterocycles. The van der Waals surface area contributed by atoms with Gasteiger partial charge < -0.3 is 14.7 Å². The largest absolute Gasteiger partial charge is 0.491 e. The zero-order valence-electron chi connectivity index (χ0n) is 21.0. The molecule has 0 bridgehead atoms. The van der Waals surface area contributed by atoms with Crippen molar-refractivity contribution < 1.29 is 14.6 Å². The fraction of sp³-hybridized carbons (Fsp3) is 0.433. The number of hydrogen-bond acceptors (Lipinski definition) is 5. The van der Waals surface area contributed by atoms with Crippen LogP contribution in [-0.4, -0.2) is 59.7 Å². The standard InChI is InChI=1S/C30H36N2O3S/c1-22-7-11-26(12-8-22)35-21-28-27-14-16-36-29(27)13-15-32(28)30(34)20-31(18-24-9-10-24)19-25(33)17-23-5-3-2-4-6-23/h2-8,11-12,14,16,24-25,28,33H,9-10,13,15,17-21H2,1H3. The van der Waals surface area contributed by atoms with Crippen LogP contribution in [0.15, 0.2) is 66.0 Å². The van der Waals surface area contributed by atoms with Crippen LogP contribution in [0.1, 0.15) is 40.5 Å². The van der Waals surface area contributed by atoms with E-state index in [-0.39, 0.29) is 11.9 Å². The molecule has 2 aliphatic rings. The minimum absolute atomic E-state index is 0.0918. The minimum atomic E-state index is -0.496. The number of thiophene rings is 1. The maximum atomic E-state index is 13.7. The van der Waals surface area contributed by atoms with Crippen LogP contribution in [0.4, 0.5) is 0 Å². The van der Waals surface area contributed by atoms with Gasteiger partial charge in [0.05, 0.1) is 18.7 Å². The van der Waals surface area contributed by atoms with Crippen molar-refractivity contribution in [3.05, 3.63) is 87.6 Å². The molecule has 5 nitrogen and oxygen atoms in total. The van der Waals surface area contributed by atoms with Crippen molar-refractivity contribution in [2.24, 2.45) is 5.92 Å². The Morgan fingerprint density at radius 3 is 2.67 bits per heavy atom. The van der Waals surface area contributed by atoms with Crippen molar-refractivity contribution in [2.45, 2.75) is 44.8 Å². The van der Waals surface area contributed by atoms with Crippen molar-refractivity contribution in [2.75, 3.05) is 32.8 Å². The van der Waals surface area contributed by atoms with Gasteiger partial charge in [-0.2, -0.15) is 0 Å². The van der Waals surface area contributed by atoms with Crippen LogP contribution in [0.3, 0.4) is 0 Å². The highest BCUT2D eigenvalue weighted by Gasteiger charge is 2.34. The van der Waals surface area contributed by atoms with Crippen LogP contribution in [0.5, 0.6) is 5.75 Å². The van der Waals surface area contributed by atoms with E-state index in [9.17, 15) is 9.90 Å². The molecule has 1 aliphatic heterocycles. The Morgan fingerprint density at radius 2 is 1.92 bits per heavy atom. The van der Waals surface area contributed by atoms with Crippen molar-refractivity contribution in [3.63, 3.8) is 0 Å². The summed E-state index contributed by atoms with van der Waals surface area (Å²) in [5.41, 5.74) is 3.53. The first-order chi connectivity index (χ1) is 17.5. The summed E-state index contributed by atoms with van der Waals surface area (Å²) >= 11 is 1.77. The Bertz CT molecular complexity index is 1130. The van der Waals surface area contributed by atoms with E-state index in [2.05, 4.69) is 23.3 Å². The maximum Gasteiger partial charge on any atom is 0.237 e. The number of carbonyl (C=O) groups is 1. The fourth-order valence-corrected chi connectivity index (χ4v) is 6.01. The molecular formula is C30H36N2O3S. The van der Waals surface area contributed by atoms with E-state index in [1.807, 2.05) is 59.5 Å². The van der Waals surface area contributed by atoms with Gasteiger partial charge in [0.1, 0.15) is 12.4 Å². The molecule has 0 spiro atoms. The first-order valence-corrected chi connectivity index (χ1v) is 13.9. The molecule has 2 aromatic carbocycles. The van der Waals surface area contributed by atoms with E-state index < -0.39 is 6.10 Å². The Balaban J connectivity index is 1.25. The summed E-state index contributed by atoms with van der Waals surface area (Å²) in [7, 11) is 0. The van der Waals surface area contributed by atoms with E-state index in [0.717, 1.165) is 24.3 Å². The third-order valence-electron chi connectivity index (χ3n) is 7.20. The van der Waals surface area contributed by atoms with Gasteiger partial charge in [0.25, 0.3) is 0 Å². The molecule has 2 atom stereocenters. The molecule has 5 rings (SSSR count). The predicted octanol–water partition coefficient (Wildman–Crippen LogP) is 4.88. The Morgan fingerprint density at radius 1 is 1.14 bits per heavy atom. The van der Waals surface area contributed by atoms with Crippen molar-refractivity contribution >= 4 is 17.2 Å². The van der Waals surface area contributed by atoms with Crippen LogP contribution in [0.25, 0.3) is 0 Å². The van der Waals surface area contributed by atoms with Gasteiger partial charge in [0.2, 0.25) is 5.91 Å². The van der Waals surface area contributed by atoms with E-state index >= 15 is 0 Å². The third-order valence-corrected chi connectivity index (χ3v) is 8.20. The van der Waals surface area contributed by atoms with Gasteiger partial charge in [0.15, 0.2) is 0 Å². The van der Waals surface area contributed by atoms with Gasteiger partial charge in [-0.25, -0.2) is 0 Å². The molecule has 1 fully saturated rings. The molecule has 1 aliphatic carbocycles. The van der Waals surface area contributed by atoms with Crippen LogP contribution in [0, 0.1) is 12.8 Å². The number of nitrogens with zero attached hydrogens (tertiary/aromatic N) is 2. The smallest absolute Gasteiger partial charge is 0.237 e. The van der Waals surface area contributed by atoms with Gasteiger partial charge in [-0.3, -0.25) is 9.69 Å². The second-order valence-corrected chi connectivity index (χ2v) is 11.3. The fourth-order valence-electron chi connectivity index (χ4n) is 5.08. The molecule has 1 N–H and O–H groups in total. The molecular weight excluding hydrogens is 468 g/mol. The van der Waals surface area contributed by atoms with Crippen molar-refractivity contribution in [3.8, 4) is 5.75 Å². The number of rotatable bonds is 11. The number of ether oxygens (including phenoxy) is 1. The highest BCUT2D eigenvalue weighted by molar-refractivity contribution is 7.10. The lowest BCUT2D eigenvalue weighted by Gasteiger charge is -2.37. The summed E-state index contributed by atoms with van der Waals surface area (Å²) in [6, 6.07) is 20.2. The number of aliphatic hydroxyl groups excluding tert-OH is 1. The molecule has 1 amide bonds. The van der Waals surface area contributed by atoms with Gasteiger partial charge in [-0.05, 0) is 73.2 Å². The topological polar surface area (TPSA) is 53.0 Å². The zero-order valence-corrected chi connectivity index (χ0v) is 21.8. The van der Waals surface area contributed by atoms with E-state index in [4.69, 9.17) is 4.74 Å². The maximum absolute atomic E-state index is 13.7. The van der Waals surface area contributed by atoms with E-state index in [1.165, 1.54) is 28.8 Å². The van der Waals surface area contributed by atoms with E-state index in [1.54, 1.807) is 11.3 Å². The van der Waals surface area contributed by atoms with Crippen LogP contribution >= 0.6 is 11.3 Å². The summed E-state index contributed by atoms with van der Waals surface area (Å²) in [5.74, 6) is 1.60. The number of hydrogen-bond donors (Lipinski definition) is 1. The number of benzene rings is 2. The lowest BCUT2D eigenvalue weighted by molar-refractivity contribution is -0.136. The molecule has 1 saturated carbocycles. The summed E-state index contributed by atoms with van der Waals surface area (Å²) in [5, 5.41) is 13.0. The molecule has 3 aromatic rings. The Kier molecular flexibility index (Phi) is 8.05. The van der Waals surface area contributed by atoms with E-state index in [0.29, 0.717) is 38.6 Å².